The van der Waals surface area contributed by atoms with Crippen molar-refractivity contribution >= 4 is 52.2 Å². The second-order valence-corrected chi connectivity index (χ2v) is 24.5. The van der Waals surface area contributed by atoms with E-state index in [-0.39, 0.29) is 0 Å². The van der Waals surface area contributed by atoms with Crippen LogP contribution in [0.1, 0.15) is 5.56 Å². The third-order valence-electron chi connectivity index (χ3n) is 5.17. The normalized spacial score (nSPS) is 10.6. The van der Waals surface area contributed by atoms with Crippen molar-refractivity contribution < 1.29 is 17.7 Å². The van der Waals surface area contributed by atoms with Gasteiger partial charge in [0.25, 0.3) is 0 Å². The van der Waals surface area contributed by atoms with Gasteiger partial charge < -0.3 is 4.74 Å². The van der Waals surface area contributed by atoms with E-state index in [1.54, 1.807) is 7.11 Å². The number of benzene rings is 4. The SMILES string of the molecule is COc1ccc(C[P+](c2ccccc2)(c2ccccc2)c2ccccc2)cc1.[Cl][Zn-]([Cl])[Cl]. The van der Waals surface area contributed by atoms with E-state index < -0.39 is 20.2 Å². The Kier molecular flexibility index (Phi) is 10.0. The Morgan fingerprint density at radius 3 is 1.25 bits per heavy atom. The molecule has 4 rings (SSSR count). The predicted molar refractivity (Wildman–Crippen MR) is 139 cm³/mol. The van der Waals surface area contributed by atoms with Gasteiger partial charge in [-0.05, 0) is 54.1 Å². The molecule has 0 fully saturated rings. The molecule has 0 radical (unpaired) electrons. The fourth-order valence-electron chi connectivity index (χ4n) is 3.77. The summed E-state index contributed by atoms with van der Waals surface area (Å²) in [6, 6.07) is 41.5. The summed E-state index contributed by atoms with van der Waals surface area (Å²) in [6.45, 7) is 0. The predicted octanol–water partition coefficient (Wildman–Crippen LogP) is 7.26. The number of hydrogen-bond donors (Lipinski definition) is 0. The van der Waals surface area contributed by atoms with Crippen LogP contribution in [0.15, 0.2) is 115 Å². The molecule has 0 amide bonds. The fraction of sp³-hybridized carbons (Fsp3) is 0.0769. The quantitative estimate of drug-likeness (QED) is 0.180. The molecule has 0 spiro atoms. The summed E-state index contributed by atoms with van der Waals surface area (Å²) in [5.74, 6) is 0.895. The number of ether oxygens (including phenoxy) is 1. The van der Waals surface area contributed by atoms with Crippen LogP contribution in [-0.2, 0) is 19.1 Å². The topological polar surface area (TPSA) is 9.23 Å². The summed E-state index contributed by atoms with van der Waals surface area (Å²) in [5, 5.41) is 4.22. The molecule has 0 aliphatic heterocycles. The van der Waals surface area contributed by atoms with Crippen LogP contribution in [0.25, 0.3) is 0 Å². The van der Waals surface area contributed by atoms with Crippen molar-refractivity contribution in [1.29, 1.82) is 0 Å². The summed E-state index contributed by atoms with van der Waals surface area (Å²) < 4.78 is 5.36. The van der Waals surface area contributed by atoms with Crippen LogP contribution in [-0.4, -0.2) is 7.11 Å². The van der Waals surface area contributed by atoms with Crippen molar-refractivity contribution in [2.45, 2.75) is 6.16 Å². The third-order valence-corrected chi connectivity index (χ3v) is 9.55. The molecule has 4 aromatic rings. The standard InChI is InChI=1S/C26H24OP.3ClH.Zn/c1-27-23-19-17-22(18-20-23)21-28(24-11-5-2-6-12-24,25-13-7-3-8-14-25)26-15-9-4-10-16-26;;;;/h2-20H,21H2,1H3;3*1H;/q+1;;;;+2/p-3. The maximum atomic E-state index is 5.36. The first-order chi connectivity index (χ1) is 15.6. The van der Waals surface area contributed by atoms with Crippen LogP contribution in [0.5, 0.6) is 5.75 Å². The Morgan fingerprint density at radius 2 is 0.938 bits per heavy atom. The molecule has 6 heteroatoms. The van der Waals surface area contributed by atoms with E-state index in [9.17, 15) is 0 Å². The molecular formula is C26H24Cl3OPZn. The molecule has 1 nitrogen and oxygen atoms in total. The molecule has 4 aromatic carbocycles. The molecule has 0 bridgehead atoms. The van der Waals surface area contributed by atoms with Crippen LogP contribution < -0.4 is 20.7 Å². The van der Waals surface area contributed by atoms with Gasteiger partial charge in [0.2, 0.25) is 0 Å². The van der Waals surface area contributed by atoms with Gasteiger partial charge in [-0.2, -0.15) is 0 Å². The zero-order valence-electron chi connectivity index (χ0n) is 17.9. The molecule has 0 atom stereocenters. The average molecular weight is 555 g/mol. The molecular weight excluding hydrogens is 531 g/mol. The molecule has 0 saturated heterocycles. The van der Waals surface area contributed by atoms with Crippen LogP contribution in [0.2, 0.25) is 0 Å². The minimum atomic E-state index is -2.21. The third kappa shape index (κ3) is 6.57. The van der Waals surface area contributed by atoms with E-state index in [0.29, 0.717) is 0 Å². The van der Waals surface area contributed by atoms with Gasteiger partial charge in [-0.3, -0.25) is 0 Å². The number of methoxy groups -OCH3 is 1. The van der Waals surface area contributed by atoms with Gasteiger partial charge in [0, 0.05) is 0 Å². The first-order valence-corrected chi connectivity index (χ1v) is 24.0. The van der Waals surface area contributed by atoms with E-state index in [1.807, 2.05) is 0 Å². The Morgan fingerprint density at radius 1 is 0.594 bits per heavy atom. The Hall–Kier alpha value is -1.40. The summed E-state index contributed by atoms with van der Waals surface area (Å²) >= 11 is -2.21. The van der Waals surface area contributed by atoms with Gasteiger partial charge in [0.15, 0.2) is 0 Å². The summed E-state index contributed by atoms with van der Waals surface area (Å²) in [4.78, 5) is 0. The number of rotatable bonds is 6. The molecule has 0 N–H and O–H groups in total. The Labute approximate surface area is 208 Å². The average Bonchev–Trinajstić information content (AvgIpc) is 2.84. The second-order valence-electron chi connectivity index (χ2n) is 7.13. The van der Waals surface area contributed by atoms with Crippen molar-refractivity contribution in [3.05, 3.63) is 121 Å². The summed E-state index contributed by atoms with van der Waals surface area (Å²) in [7, 11) is 14.9. The minimum absolute atomic E-state index is 0.895. The van der Waals surface area contributed by atoms with E-state index in [2.05, 4.69) is 115 Å². The fourth-order valence-corrected chi connectivity index (χ4v) is 8.02. The second kappa shape index (κ2) is 12.7. The molecule has 32 heavy (non-hydrogen) atoms. The zero-order chi connectivity index (χ0) is 22.8. The summed E-state index contributed by atoms with van der Waals surface area (Å²) in [5.41, 5.74) is 1.32. The molecule has 0 unspecified atom stereocenters. The van der Waals surface area contributed by atoms with Gasteiger partial charge in [-0.25, -0.2) is 0 Å². The molecule has 0 aliphatic carbocycles. The van der Waals surface area contributed by atoms with Gasteiger partial charge in [0.05, 0.1) is 13.3 Å². The molecule has 0 heterocycles. The van der Waals surface area contributed by atoms with Crippen LogP contribution >= 0.6 is 36.3 Å². The van der Waals surface area contributed by atoms with Crippen LogP contribution in [0.3, 0.4) is 0 Å². The molecule has 0 aromatic heterocycles. The van der Waals surface area contributed by atoms with Gasteiger partial charge in [-0.15, -0.1) is 0 Å². The van der Waals surface area contributed by atoms with Gasteiger partial charge in [-0.1, -0.05) is 66.7 Å². The summed E-state index contributed by atoms with van der Waals surface area (Å²) in [6.07, 6.45) is 0.981. The van der Waals surface area contributed by atoms with Crippen LogP contribution in [0.4, 0.5) is 0 Å². The maximum absolute atomic E-state index is 5.36. The number of halogens is 3. The van der Waals surface area contributed by atoms with Crippen molar-refractivity contribution in [3.63, 3.8) is 0 Å². The van der Waals surface area contributed by atoms with E-state index in [4.69, 9.17) is 33.8 Å². The molecule has 162 valence electrons. The van der Waals surface area contributed by atoms with Crippen molar-refractivity contribution in [2.24, 2.45) is 0 Å². The van der Waals surface area contributed by atoms with E-state index >= 15 is 0 Å². The first-order valence-electron chi connectivity index (χ1n) is 10.3. The Bertz CT molecular complexity index is 963. The van der Waals surface area contributed by atoms with Crippen molar-refractivity contribution in [2.75, 3.05) is 7.11 Å². The van der Waals surface area contributed by atoms with Gasteiger partial charge >= 0.3 is 42.1 Å². The number of hydrogen-bond acceptors (Lipinski definition) is 1. The van der Waals surface area contributed by atoms with Crippen molar-refractivity contribution in [1.82, 2.24) is 0 Å². The molecule has 0 saturated carbocycles. The van der Waals surface area contributed by atoms with Gasteiger partial charge in [0.1, 0.15) is 28.9 Å². The van der Waals surface area contributed by atoms with Crippen LogP contribution in [0, 0.1) is 0 Å². The van der Waals surface area contributed by atoms with E-state index in [0.717, 1.165) is 11.9 Å². The van der Waals surface area contributed by atoms with E-state index in [1.165, 1.54) is 21.5 Å². The Balaban J connectivity index is 0.000000668. The van der Waals surface area contributed by atoms with Crippen molar-refractivity contribution in [3.8, 4) is 5.75 Å². The molecule has 0 aliphatic rings. The first kappa shape index (κ1) is 25.2. The zero-order valence-corrected chi connectivity index (χ0v) is 24.0. The monoisotopic (exact) mass is 552 g/mol.